The number of nitriles is 1. The van der Waals surface area contributed by atoms with Crippen LogP contribution in [0.15, 0.2) is 60.7 Å². The second-order valence-corrected chi connectivity index (χ2v) is 16.4. The van der Waals surface area contributed by atoms with E-state index in [0.717, 1.165) is 57.8 Å². The number of esters is 1. The van der Waals surface area contributed by atoms with Crippen molar-refractivity contribution >= 4 is 16.0 Å². The molecular formula is C37H48N2O4S. The summed E-state index contributed by atoms with van der Waals surface area (Å²) in [6, 6.07) is 20.7. The van der Waals surface area contributed by atoms with Gasteiger partial charge in [0.15, 0.2) is 0 Å². The summed E-state index contributed by atoms with van der Waals surface area (Å²) in [6.45, 7) is 4.37. The molecule has 7 heteroatoms. The van der Waals surface area contributed by atoms with Crippen LogP contribution in [-0.4, -0.2) is 42.6 Å². The Labute approximate surface area is 264 Å². The van der Waals surface area contributed by atoms with Crippen LogP contribution in [-0.2, 0) is 25.0 Å². The molecule has 0 unspecified atom stereocenters. The van der Waals surface area contributed by atoms with Crippen molar-refractivity contribution in [3.05, 3.63) is 71.8 Å². The van der Waals surface area contributed by atoms with Gasteiger partial charge in [-0.25, -0.2) is 13.2 Å². The van der Waals surface area contributed by atoms with E-state index in [9.17, 15) is 18.5 Å². The molecule has 0 aromatic heterocycles. The molecule has 3 atom stereocenters. The number of rotatable bonds is 9. The zero-order chi connectivity index (χ0) is 31.0. The molecule has 0 heterocycles. The van der Waals surface area contributed by atoms with Gasteiger partial charge in [0.05, 0.1) is 11.8 Å². The molecule has 0 amide bonds. The molecule has 0 radical (unpaired) electrons. The lowest BCUT2D eigenvalue weighted by molar-refractivity contribution is -0.160. The molecule has 44 heavy (non-hydrogen) atoms. The number of nitrogens with zero attached hydrogens (tertiary/aromatic N) is 2. The van der Waals surface area contributed by atoms with Gasteiger partial charge >= 0.3 is 5.97 Å². The zero-order valence-electron chi connectivity index (χ0n) is 26.4. The Balaban J connectivity index is 1.36. The predicted molar refractivity (Wildman–Crippen MR) is 172 cm³/mol. The fraction of sp³-hybridized carbons (Fsp3) is 0.622. The summed E-state index contributed by atoms with van der Waals surface area (Å²) in [7, 11) is -3.66. The van der Waals surface area contributed by atoms with Gasteiger partial charge < -0.3 is 4.74 Å². The van der Waals surface area contributed by atoms with Crippen molar-refractivity contribution in [3.8, 4) is 6.07 Å². The van der Waals surface area contributed by atoms with Crippen molar-refractivity contribution in [2.75, 3.05) is 5.75 Å². The second kappa shape index (κ2) is 12.2. The highest BCUT2D eigenvalue weighted by atomic mass is 32.2. The van der Waals surface area contributed by atoms with Crippen molar-refractivity contribution in [1.82, 2.24) is 4.31 Å². The SMILES string of the molecule is CC1(C)[C@@H]2CC[C@@]1(CS(=O)(=O)N(C1CCCCC1)C1CCCCC1)[C@H](OC(=O)C(C#N)(c1ccccc1)c1ccccc1)C2. The summed E-state index contributed by atoms with van der Waals surface area (Å²) in [5, 5.41) is 10.7. The van der Waals surface area contributed by atoms with Crippen molar-refractivity contribution < 1.29 is 17.9 Å². The standard InChI is InChI=1S/C37H48N2O4S/c1-35(2)30-23-24-36(35,27-44(41,42)39(31-19-11-5-12-20-31)32-21-13-6-14-22-32)33(25-30)43-34(40)37(26-38,28-15-7-3-8-16-28)29-17-9-4-10-18-29/h3-4,7-10,15-18,30-33H,5-6,11-14,19-25,27H2,1-2H3/t30-,33-,36-/m1/s1. The number of sulfonamides is 1. The number of carbonyl (C=O) groups is 1. The largest absolute Gasteiger partial charge is 0.460 e. The third kappa shape index (κ3) is 5.20. The van der Waals surface area contributed by atoms with Gasteiger partial charge in [0.25, 0.3) is 0 Å². The van der Waals surface area contributed by atoms with Gasteiger partial charge in [-0.1, -0.05) is 113 Å². The highest BCUT2D eigenvalue weighted by Gasteiger charge is 2.68. The van der Waals surface area contributed by atoms with E-state index in [2.05, 4.69) is 19.9 Å². The Bertz CT molecular complexity index is 1400. The first-order chi connectivity index (χ1) is 21.2. The number of ether oxygens (including phenoxy) is 1. The maximum absolute atomic E-state index is 14.8. The number of hydrogen-bond donors (Lipinski definition) is 0. The summed E-state index contributed by atoms with van der Waals surface area (Å²) in [5.74, 6) is -0.345. The minimum atomic E-state index is -3.66. The maximum atomic E-state index is 14.8. The van der Waals surface area contributed by atoms with Crippen LogP contribution < -0.4 is 0 Å². The van der Waals surface area contributed by atoms with E-state index in [4.69, 9.17) is 4.74 Å². The summed E-state index contributed by atoms with van der Waals surface area (Å²) >= 11 is 0. The lowest BCUT2D eigenvalue weighted by Gasteiger charge is -2.46. The zero-order valence-corrected chi connectivity index (χ0v) is 27.2. The molecule has 0 N–H and O–H groups in total. The van der Waals surface area contributed by atoms with Crippen LogP contribution in [0.4, 0.5) is 0 Å². The van der Waals surface area contributed by atoms with Crippen LogP contribution >= 0.6 is 0 Å². The molecule has 6 nitrogen and oxygen atoms in total. The summed E-state index contributed by atoms with van der Waals surface area (Å²) < 4.78 is 38.1. The van der Waals surface area contributed by atoms with Crippen molar-refractivity contribution in [2.24, 2.45) is 16.7 Å². The number of hydrogen-bond acceptors (Lipinski definition) is 5. The molecule has 0 aliphatic heterocycles. The Kier molecular flexibility index (Phi) is 8.71. The second-order valence-electron chi connectivity index (χ2n) is 14.5. The molecular weight excluding hydrogens is 568 g/mol. The molecule has 0 spiro atoms. The normalized spacial score (nSPS) is 27.7. The van der Waals surface area contributed by atoms with Gasteiger partial charge in [-0.2, -0.15) is 9.57 Å². The van der Waals surface area contributed by atoms with Crippen molar-refractivity contribution in [3.63, 3.8) is 0 Å². The van der Waals surface area contributed by atoms with E-state index in [-0.39, 0.29) is 29.2 Å². The summed E-state index contributed by atoms with van der Waals surface area (Å²) in [5.41, 5.74) is -1.55. The molecule has 0 saturated heterocycles. The predicted octanol–water partition coefficient (Wildman–Crippen LogP) is 7.53. The van der Waals surface area contributed by atoms with Crippen LogP contribution in [0.2, 0.25) is 0 Å². The highest BCUT2D eigenvalue weighted by Crippen LogP contribution is 2.67. The van der Waals surface area contributed by atoms with Crippen LogP contribution in [0, 0.1) is 28.1 Å². The Morgan fingerprint density at radius 2 is 1.36 bits per heavy atom. The van der Waals surface area contributed by atoms with Gasteiger partial charge in [-0.05, 0) is 67.4 Å². The first kappa shape index (κ1) is 31.3. The van der Waals surface area contributed by atoms with E-state index >= 15 is 0 Å². The fourth-order valence-electron chi connectivity index (χ4n) is 9.50. The van der Waals surface area contributed by atoms with Gasteiger partial charge in [-0.15, -0.1) is 0 Å². The molecule has 2 aromatic rings. The van der Waals surface area contributed by atoms with Crippen LogP contribution in [0.5, 0.6) is 0 Å². The molecule has 236 valence electrons. The average molecular weight is 617 g/mol. The van der Waals surface area contributed by atoms with Gasteiger partial charge in [0.2, 0.25) is 15.4 Å². The summed E-state index contributed by atoms with van der Waals surface area (Å²) in [6.07, 6.45) is 12.1. The Hall–Kier alpha value is -2.69. The third-order valence-electron chi connectivity index (χ3n) is 12.1. The quantitative estimate of drug-likeness (QED) is 0.272. The van der Waals surface area contributed by atoms with Crippen molar-refractivity contribution in [1.29, 1.82) is 5.26 Å². The average Bonchev–Trinajstić information content (AvgIpc) is 3.39. The topological polar surface area (TPSA) is 87.5 Å². The van der Waals surface area contributed by atoms with Crippen LogP contribution in [0.25, 0.3) is 0 Å². The Morgan fingerprint density at radius 3 is 1.82 bits per heavy atom. The van der Waals surface area contributed by atoms with Gasteiger partial charge in [0, 0.05) is 17.5 Å². The first-order valence-corrected chi connectivity index (χ1v) is 18.5. The number of fused-ring (bicyclic) bond motifs is 2. The van der Waals surface area contributed by atoms with E-state index in [1.807, 2.05) is 40.7 Å². The lowest BCUT2D eigenvalue weighted by Crippen LogP contribution is -2.55. The molecule has 4 aliphatic carbocycles. The smallest absolute Gasteiger partial charge is 0.336 e. The minimum Gasteiger partial charge on any atom is -0.460 e. The highest BCUT2D eigenvalue weighted by molar-refractivity contribution is 7.89. The first-order valence-electron chi connectivity index (χ1n) is 16.9. The Morgan fingerprint density at radius 1 is 0.864 bits per heavy atom. The maximum Gasteiger partial charge on any atom is 0.336 e. The molecule has 2 aromatic carbocycles. The minimum absolute atomic E-state index is 0.00464. The third-order valence-corrected chi connectivity index (χ3v) is 14.2. The summed E-state index contributed by atoms with van der Waals surface area (Å²) in [4.78, 5) is 14.5. The van der Waals surface area contributed by atoms with E-state index in [1.54, 1.807) is 24.3 Å². The monoisotopic (exact) mass is 616 g/mol. The number of benzene rings is 2. The van der Waals surface area contributed by atoms with E-state index in [1.165, 1.54) is 12.8 Å². The molecule has 4 fully saturated rings. The van der Waals surface area contributed by atoms with Crippen LogP contribution in [0.3, 0.4) is 0 Å². The number of carbonyl (C=O) groups excluding carboxylic acids is 1. The molecule has 6 rings (SSSR count). The van der Waals surface area contributed by atoms with Crippen molar-refractivity contribution in [2.45, 2.75) is 121 Å². The van der Waals surface area contributed by atoms with Gasteiger partial charge in [0.1, 0.15) is 6.10 Å². The van der Waals surface area contributed by atoms with Crippen LogP contribution in [0.1, 0.15) is 108 Å². The fourth-order valence-corrected chi connectivity index (χ4v) is 12.3. The molecule has 2 bridgehead atoms. The molecule has 4 saturated carbocycles. The lowest BCUT2D eigenvalue weighted by atomic mass is 9.69. The van der Waals surface area contributed by atoms with Gasteiger partial charge in [-0.3, -0.25) is 0 Å². The molecule has 4 aliphatic rings. The van der Waals surface area contributed by atoms with E-state index in [0.29, 0.717) is 24.0 Å². The van der Waals surface area contributed by atoms with E-state index < -0.39 is 32.9 Å².